The Balaban J connectivity index is 3.29. The highest BCUT2D eigenvalue weighted by molar-refractivity contribution is 5.66. The van der Waals surface area contributed by atoms with E-state index in [1.165, 1.54) is 39.0 Å². The molecule has 0 aromatic rings. The van der Waals surface area contributed by atoms with Gasteiger partial charge in [-0.25, -0.2) is 0 Å². The van der Waals surface area contributed by atoms with Crippen LogP contribution in [0.25, 0.3) is 0 Å². The molecule has 110 valence electrons. The Morgan fingerprint density at radius 1 is 1.05 bits per heavy atom. The van der Waals surface area contributed by atoms with Crippen LogP contribution >= 0.6 is 0 Å². The van der Waals surface area contributed by atoms with Gasteiger partial charge in [0.2, 0.25) is 6.29 Å². The minimum atomic E-state index is -1.00. The Morgan fingerprint density at radius 3 is 2.16 bits per heavy atom. The van der Waals surface area contributed by atoms with Crippen molar-refractivity contribution in [2.75, 3.05) is 0 Å². The Kier molecular flexibility index (Phi) is 12.6. The van der Waals surface area contributed by atoms with E-state index in [4.69, 9.17) is 0 Å². The first-order valence-electron chi connectivity index (χ1n) is 7.32. The molecule has 0 amide bonds. The van der Waals surface area contributed by atoms with Crippen molar-refractivity contribution in [3.05, 3.63) is 24.3 Å². The predicted octanol–water partition coefficient (Wildman–Crippen LogP) is 4.12. The Morgan fingerprint density at radius 2 is 1.63 bits per heavy atom. The third-order valence-electron chi connectivity index (χ3n) is 2.70. The lowest BCUT2D eigenvalue weighted by Gasteiger charge is -2.06. The quantitative estimate of drug-likeness (QED) is 0.265. The number of rotatable bonds is 11. The molecule has 0 aliphatic rings. The smallest absolute Gasteiger partial charge is 0.304 e. The van der Waals surface area contributed by atoms with Gasteiger partial charge in [-0.15, -0.1) is 0 Å². The van der Waals surface area contributed by atoms with Crippen LogP contribution in [0, 0.1) is 0 Å². The van der Waals surface area contributed by atoms with Gasteiger partial charge in [-0.05, 0) is 32.1 Å². The topological polar surface area (TPSA) is 46.5 Å². The van der Waals surface area contributed by atoms with E-state index < -0.39 is 12.3 Å². The number of allylic oxidation sites excluding steroid dienone is 3. The summed E-state index contributed by atoms with van der Waals surface area (Å²) in [5.74, 6) is -0.446. The van der Waals surface area contributed by atoms with E-state index in [9.17, 15) is 9.90 Å². The van der Waals surface area contributed by atoms with Crippen LogP contribution in [-0.4, -0.2) is 17.4 Å². The summed E-state index contributed by atoms with van der Waals surface area (Å²) < 4.78 is 4.60. The van der Waals surface area contributed by atoms with Crippen LogP contribution in [0.1, 0.15) is 65.2 Å². The van der Waals surface area contributed by atoms with E-state index in [2.05, 4.69) is 23.8 Å². The zero-order valence-electron chi connectivity index (χ0n) is 12.3. The molecule has 0 heterocycles. The predicted molar refractivity (Wildman–Crippen MR) is 78.7 cm³/mol. The van der Waals surface area contributed by atoms with Gasteiger partial charge in [-0.2, -0.15) is 0 Å². The molecular formula is C16H28O3. The molecule has 0 fully saturated rings. The number of carbonyl (C=O) groups is 1. The van der Waals surface area contributed by atoms with E-state index in [0.29, 0.717) is 6.42 Å². The first-order chi connectivity index (χ1) is 9.16. The number of esters is 1. The first kappa shape index (κ1) is 17.9. The van der Waals surface area contributed by atoms with Crippen LogP contribution in [0.5, 0.6) is 0 Å². The fraction of sp³-hybridized carbons (Fsp3) is 0.688. The Hall–Kier alpha value is -1.09. The van der Waals surface area contributed by atoms with Crippen LogP contribution in [-0.2, 0) is 9.53 Å². The second-order valence-electron chi connectivity index (χ2n) is 4.64. The van der Waals surface area contributed by atoms with Gasteiger partial charge < -0.3 is 9.84 Å². The first-order valence-corrected chi connectivity index (χ1v) is 7.32. The standard InChI is InChI=1S/C16H28O3/c1-3-4-5-6-7-8-9-10-11-12-13-14-16(18)19-15(2)17/h4-5,12-13,16,18H,3,6-11,14H2,1-2H3/b5-4+,13-12+. The highest BCUT2D eigenvalue weighted by atomic mass is 16.6. The van der Waals surface area contributed by atoms with E-state index in [1.807, 2.05) is 12.2 Å². The molecule has 0 aromatic carbocycles. The van der Waals surface area contributed by atoms with E-state index in [0.717, 1.165) is 12.8 Å². The molecule has 0 bridgehead atoms. The molecule has 0 radical (unpaired) electrons. The third-order valence-corrected chi connectivity index (χ3v) is 2.70. The highest BCUT2D eigenvalue weighted by Gasteiger charge is 2.03. The normalized spacial score (nSPS) is 13.2. The lowest BCUT2D eigenvalue weighted by atomic mass is 10.1. The summed E-state index contributed by atoms with van der Waals surface area (Å²) in [6.07, 6.45) is 16.1. The molecule has 3 heteroatoms. The van der Waals surface area contributed by atoms with Crippen molar-refractivity contribution in [2.45, 2.75) is 71.5 Å². The summed E-state index contributed by atoms with van der Waals surface area (Å²) in [4.78, 5) is 10.5. The van der Waals surface area contributed by atoms with Crippen molar-refractivity contribution >= 4 is 5.97 Å². The summed E-state index contributed by atoms with van der Waals surface area (Å²) >= 11 is 0. The molecule has 1 N–H and O–H groups in total. The Bertz CT molecular complexity index is 269. The molecule has 19 heavy (non-hydrogen) atoms. The van der Waals surface area contributed by atoms with E-state index in [1.54, 1.807) is 0 Å². The van der Waals surface area contributed by atoms with Crippen LogP contribution in [0.3, 0.4) is 0 Å². The molecule has 0 saturated carbocycles. The maximum absolute atomic E-state index is 10.5. The Labute approximate surface area is 117 Å². The van der Waals surface area contributed by atoms with Crippen molar-refractivity contribution in [3.63, 3.8) is 0 Å². The zero-order chi connectivity index (χ0) is 14.3. The monoisotopic (exact) mass is 268 g/mol. The van der Waals surface area contributed by atoms with Gasteiger partial charge in [-0.3, -0.25) is 4.79 Å². The summed E-state index contributed by atoms with van der Waals surface area (Å²) in [6.45, 7) is 3.45. The van der Waals surface area contributed by atoms with Crippen LogP contribution in [0.2, 0.25) is 0 Å². The van der Waals surface area contributed by atoms with Crippen molar-refractivity contribution in [2.24, 2.45) is 0 Å². The van der Waals surface area contributed by atoms with Crippen LogP contribution in [0.4, 0.5) is 0 Å². The van der Waals surface area contributed by atoms with Crippen molar-refractivity contribution in [1.82, 2.24) is 0 Å². The number of aliphatic hydroxyl groups is 1. The number of unbranched alkanes of at least 4 members (excludes halogenated alkanes) is 5. The van der Waals surface area contributed by atoms with Gasteiger partial charge in [0, 0.05) is 13.3 Å². The highest BCUT2D eigenvalue weighted by Crippen LogP contribution is 2.07. The number of aliphatic hydroxyl groups excluding tert-OH is 1. The fourth-order valence-corrected chi connectivity index (χ4v) is 1.73. The number of hydrogen-bond acceptors (Lipinski definition) is 3. The minimum Gasteiger partial charge on any atom is -0.436 e. The molecule has 0 aromatic heterocycles. The van der Waals surface area contributed by atoms with Gasteiger partial charge >= 0.3 is 5.97 Å². The zero-order valence-corrected chi connectivity index (χ0v) is 12.3. The van der Waals surface area contributed by atoms with Gasteiger partial charge in [-0.1, -0.05) is 44.1 Å². The fourth-order valence-electron chi connectivity index (χ4n) is 1.73. The third kappa shape index (κ3) is 14.9. The summed E-state index contributed by atoms with van der Waals surface area (Å²) in [5.41, 5.74) is 0. The van der Waals surface area contributed by atoms with E-state index >= 15 is 0 Å². The summed E-state index contributed by atoms with van der Waals surface area (Å²) in [6, 6.07) is 0. The average Bonchev–Trinajstić information content (AvgIpc) is 2.35. The molecule has 0 saturated heterocycles. The van der Waals surface area contributed by atoms with Gasteiger partial charge in [0.15, 0.2) is 0 Å². The maximum atomic E-state index is 10.5. The number of carbonyl (C=O) groups excluding carboxylic acids is 1. The van der Waals surface area contributed by atoms with E-state index in [-0.39, 0.29) is 0 Å². The number of hydrogen-bond donors (Lipinski definition) is 1. The van der Waals surface area contributed by atoms with Crippen molar-refractivity contribution < 1.29 is 14.6 Å². The molecule has 3 nitrogen and oxygen atoms in total. The lowest BCUT2D eigenvalue weighted by molar-refractivity contribution is -0.164. The molecule has 0 spiro atoms. The number of ether oxygens (including phenoxy) is 1. The minimum absolute atomic E-state index is 0.376. The molecular weight excluding hydrogens is 240 g/mol. The summed E-state index contributed by atoms with van der Waals surface area (Å²) in [7, 11) is 0. The van der Waals surface area contributed by atoms with Crippen LogP contribution in [0.15, 0.2) is 24.3 Å². The average molecular weight is 268 g/mol. The van der Waals surface area contributed by atoms with Crippen molar-refractivity contribution in [3.8, 4) is 0 Å². The molecule has 1 unspecified atom stereocenters. The molecule has 0 rings (SSSR count). The maximum Gasteiger partial charge on any atom is 0.304 e. The summed E-state index contributed by atoms with van der Waals surface area (Å²) in [5, 5.41) is 9.26. The van der Waals surface area contributed by atoms with Crippen molar-refractivity contribution in [1.29, 1.82) is 0 Å². The molecule has 1 atom stereocenters. The van der Waals surface area contributed by atoms with Gasteiger partial charge in [0.25, 0.3) is 0 Å². The van der Waals surface area contributed by atoms with Gasteiger partial charge in [0.05, 0.1) is 0 Å². The lowest BCUT2D eigenvalue weighted by Crippen LogP contribution is -2.13. The van der Waals surface area contributed by atoms with Gasteiger partial charge in [0.1, 0.15) is 0 Å². The SMILES string of the molecule is CC/C=C/CCCCCC/C=C/CC(O)OC(C)=O. The second kappa shape index (κ2) is 13.3. The largest absolute Gasteiger partial charge is 0.436 e. The molecule has 0 aliphatic carbocycles. The van der Waals surface area contributed by atoms with Crippen LogP contribution < -0.4 is 0 Å². The molecule has 0 aliphatic heterocycles. The second-order valence-corrected chi connectivity index (χ2v) is 4.64.